The standard InChI is InChI=1S/C46H30N2O/c1-3-15-34(16-4-1)47(36-27-25-31-13-7-8-14-32(31)29-36)43-24-12-22-41-40-21-11-20-37(45(40)49-46(41)43)33-26-28-39-38-19-9-10-23-42(38)48(44(39)30-33)35-17-5-2-6-18-35/h1-30H. The molecule has 0 saturated carbocycles. The fraction of sp³-hybridized carbons (Fsp3) is 0. The molecule has 0 saturated heterocycles. The average Bonchev–Trinajstić information content (AvgIpc) is 3.72. The number of nitrogens with zero attached hydrogens (tertiary/aromatic N) is 2. The van der Waals surface area contributed by atoms with Crippen LogP contribution < -0.4 is 4.90 Å². The Hall–Kier alpha value is -6.58. The lowest BCUT2D eigenvalue weighted by atomic mass is 10.0. The van der Waals surface area contributed by atoms with E-state index >= 15 is 0 Å². The number of hydrogen-bond donors (Lipinski definition) is 0. The number of para-hydroxylation sites is 5. The van der Waals surface area contributed by atoms with Gasteiger partial charge in [0.25, 0.3) is 0 Å². The zero-order chi connectivity index (χ0) is 32.3. The molecule has 0 aliphatic heterocycles. The monoisotopic (exact) mass is 626 g/mol. The molecule has 0 aliphatic carbocycles. The summed E-state index contributed by atoms with van der Waals surface area (Å²) in [6, 6.07) is 64.8. The van der Waals surface area contributed by atoms with Gasteiger partial charge in [-0.15, -0.1) is 0 Å². The minimum absolute atomic E-state index is 0.862. The molecule has 0 N–H and O–H groups in total. The molecule has 0 spiro atoms. The SMILES string of the molecule is c1ccc(N(c2ccc3ccccc3c2)c2cccc3c2oc2c(-c4ccc5c6ccccc6n(-c6ccccc6)c5c4)cccc23)cc1. The summed E-state index contributed by atoms with van der Waals surface area (Å²) in [5.41, 5.74) is 10.6. The van der Waals surface area contributed by atoms with Crippen LogP contribution >= 0.6 is 0 Å². The van der Waals surface area contributed by atoms with E-state index < -0.39 is 0 Å². The third-order valence-electron chi connectivity index (χ3n) is 9.75. The van der Waals surface area contributed by atoms with Gasteiger partial charge in [0.2, 0.25) is 0 Å². The van der Waals surface area contributed by atoms with Crippen LogP contribution in [0.4, 0.5) is 17.1 Å². The molecule has 8 aromatic carbocycles. The van der Waals surface area contributed by atoms with Crippen LogP contribution in [0.2, 0.25) is 0 Å². The number of furan rings is 1. The molecule has 0 amide bonds. The van der Waals surface area contributed by atoms with E-state index in [1.54, 1.807) is 0 Å². The van der Waals surface area contributed by atoms with Gasteiger partial charge in [0, 0.05) is 44.2 Å². The molecule has 0 fully saturated rings. The van der Waals surface area contributed by atoms with Crippen LogP contribution in [-0.2, 0) is 0 Å². The number of hydrogen-bond acceptors (Lipinski definition) is 2. The van der Waals surface area contributed by atoms with E-state index in [0.717, 1.165) is 55.8 Å². The molecule has 2 heterocycles. The number of aromatic nitrogens is 1. The molecule has 10 rings (SSSR count). The van der Waals surface area contributed by atoms with Crippen LogP contribution in [0.25, 0.3) is 71.3 Å². The summed E-state index contributed by atoms with van der Waals surface area (Å²) in [4.78, 5) is 2.31. The van der Waals surface area contributed by atoms with Crippen LogP contribution in [-0.4, -0.2) is 4.57 Å². The van der Waals surface area contributed by atoms with Gasteiger partial charge in [0.15, 0.2) is 5.58 Å². The van der Waals surface area contributed by atoms with E-state index in [4.69, 9.17) is 4.42 Å². The number of rotatable bonds is 5. The molecule has 0 aliphatic rings. The Balaban J connectivity index is 1.20. The second-order valence-electron chi connectivity index (χ2n) is 12.6. The smallest absolute Gasteiger partial charge is 0.159 e. The van der Waals surface area contributed by atoms with Crippen LogP contribution in [0, 0.1) is 0 Å². The summed E-state index contributed by atoms with van der Waals surface area (Å²) < 4.78 is 9.39. The van der Waals surface area contributed by atoms with Crippen molar-refractivity contribution in [1.82, 2.24) is 4.57 Å². The fourth-order valence-electron chi connectivity index (χ4n) is 7.52. The summed E-state index contributed by atoms with van der Waals surface area (Å²) in [6.07, 6.45) is 0. The number of anilines is 3. The molecule has 0 unspecified atom stereocenters. The van der Waals surface area contributed by atoms with Crippen LogP contribution in [0.1, 0.15) is 0 Å². The zero-order valence-electron chi connectivity index (χ0n) is 26.6. The maximum absolute atomic E-state index is 7.02. The first kappa shape index (κ1) is 27.5. The van der Waals surface area contributed by atoms with Gasteiger partial charge in [0.1, 0.15) is 5.58 Å². The van der Waals surface area contributed by atoms with Gasteiger partial charge in [-0.2, -0.15) is 0 Å². The van der Waals surface area contributed by atoms with Crippen molar-refractivity contribution >= 4 is 71.6 Å². The highest BCUT2D eigenvalue weighted by Gasteiger charge is 2.21. The Labute approximate surface area is 283 Å². The molecule has 230 valence electrons. The predicted octanol–water partition coefficient (Wildman–Crippen LogP) is 13.0. The first-order valence-corrected chi connectivity index (χ1v) is 16.7. The molecule has 2 aromatic heterocycles. The van der Waals surface area contributed by atoms with Crippen molar-refractivity contribution in [2.75, 3.05) is 4.90 Å². The molecule has 10 aromatic rings. The summed E-state index contributed by atoms with van der Waals surface area (Å²) in [6.45, 7) is 0. The zero-order valence-corrected chi connectivity index (χ0v) is 26.6. The van der Waals surface area contributed by atoms with Gasteiger partial charge >= 0.3 is 0 Å². The van der Waals surface area contributed by atoms with E-state index in [1.807, 2.05) is 0 Å². The summed E-state index contributed by atoms with van der Waals surface area (Å²) in [5, 5.41) is 7.09. The Morgan fingerprint density at radius 1 is 0.408 bits per heavy atom. The lowest BCUT2D eigenvalue weighted by Gasteiger charge is -2.25. The molecule has 0 radical (unpaired) electrons. The normalized spacial score (nSPS) is 11.7. The molecule has 0 atom stereocenters. The molecule has 0 bridgehead atoms. The van der Waals surface area contributed by atoms with Crippen molar-refractivity contribution in [3.05, 3.63) is 182 Å². The Morgan fingerprint density at radius 2 is 1.08 bits per heavy atom. The van der Waals surface area contributed by atoms with E-state index in [-0.39, 0.29) is 0 Å². The van der Waals surface area contributed by atoms with Crippen molar-refractivity contribution in [1.29, 1.82) is 0 Å². The summed E-state index contributed by atoms with van der Waals surface area (Å²) in [7, 11) is 0. The van der Waals surface area contributed by atoms with E-state index in [2.05, 4.69) is 191 Å². The lowest BCUT2D eigenvalue weighted by Crippen LogP contribution is -2.10. The van der Waals surface area contributed by atoms with Crippen LogP contribution in [0.5, 0.6) is 0 Å². The van der Waals surface area contributed by atoms with Gasteiger partial charge in [-0.1, -0.05) is 127 Å². The topological polar surface area (TPSA) is 21.3 Å². The number of benzene rings is 8. The van der Waals surface area contributed by atoms with Gasteiger partial charge < -0.3 is 13.9 Å². The molecule has 49 heavy (non-hydrogen) atoms. The van der Waals surface area contributed by atoms with Crippen molar-refractivity contribution in [2.24, 2.45) is 0 Å². The minimum atomic E-state index is 0.862. The van der Waals surface area contributed by atoms with Gasteiger partial charge in [-0.05, 0) is 70.9 Å². The quantitative estimate of drug-likeness (QED) is 0.190. The Morgan fingerprint density at radius 3 is 1.94 bits per heavy atom. The van der Waals surface area contributed by atoms with Gasteiger partial charge in [-0.25, -0.2) is 0 Å². The average molecular weight is 627 g/mol. The van der Waals surface area contributed by atoms with E-state index in [9.17, 15) is 0 Å². The van der Waals surface area contributed by atoms with Crippen molar-refractivity contribution in [2.45, 2.75) is 0 Å². The molecular formula is C46H30N2O. The second-order valence-corrected chi connectivity index (χ2v) is 12.6. The number of fused-ring (bicyclic) bond motifs is 7. The largest absolute Gasteiger partial charge is 0.453 e. The molecule has 3 heteroatoms. The highest BCUT2D eigenvalue weighted by atomic mass is 16.3. The maximum atomic E-state index is 7.02. The highest BCUT2D eigenvalue weighted by Crippen LogP contribution is 2.45. The van der Waals surface area contributed by atoms with Gasteiger partial charge in [0.05, 0.1) is 16.7 Å². The van der Waals surface area contributed by atoms with Crippen molar-refractivity contribution in [3.8, 4) is 16.8 Å². The third kappa shape index (κ3) is 4.37. The first-order valence-electron chi connectivity index (χ1n) is 16.7. The van der Waals surface area contributed by atoms with Crippen LogP contribution in [0.15, 0.2) is 186 Å². The lowest BCUT2D eigenvalue weighted by molar-refractivity contribution is 0.670. The molecular weight excluding hydrogens is 597 g/mol. The third-order valence-corrected chi connectivity index (χ3v) is 9.75. The molecule has 3 nitrogen and oxygen atoms in total. The summed E-state index contributed by atoms with van der Waals surface area (Å²) in [5.74, 6) is 0. The van der Waals surface area contributed by atoms with E-state index in [1.165, 1.54) is 32.6 Å². The first-order chi connectivity index (χ1) is 24.3. The van der Waals surface area contributed by atoms with Gasteiger partial charge in [-0.3, -0.25) is 0 Å². The second kappa shape index (κ2) is 11.0. The van der Waals surface area contributed by atoms with Crippen molar-refractivity contribution in [3.63, 3.8) is 0 Å². The van der Waals surface area contributed by atoms with E-state index in [0.29, 0.717) is 0 Å². The predicted molar refractivity (Wildman–Crippen MR) is 206 cm³/mol. The minimum Gasteiger partial charge on any atom is -0.453 e. The maximum Gasteiger partial charge on any atom is 0.159 e. The fourth-order valence-corrected chi connectivity index (χ4v) is 7.52. The Kier molecular flexibility index (Phi) is 6.18. The van der Waals surface area contributed by atoms with Crippen LogP contribution in [0.3, 0.4) is 0 Å². The summed E-state index contributed by atoms with van der Waals surface area (Å²) >= 11 is 0. The van der Waals surface area contributed by atoms with Crippen molar-refractivity contribution < 1.29 is 4.42 Å². The highest BCUT2D eigenvalue weighted by molar-refractivity contribution is 6.15. The Bertz CT molecular complexity index is 2830.